The second-order valence-corrected chi connectivity index (χ2v) is 7.14. The quantitative estimate of drug-likeness (QED) is 0.209. The number of hydrogen-bond donors (Lipinski definition) is 2. The summed E-state index contributed by atoms with van der Waals surface area (Å²) < 4.78 is 5.36. The second-order valence-electron chi connectivity index (χ2n) is 7.14. The van der Waals surface area contributed by atoms with Gasteiger partial charge < -0.3 is 14.9 Å². The highest BCUT2D eigenvalue weighted by Crippen LogP contribution is 2.36. The van der Waals surface area contributed by atoms with Gasteiger partial charge in [-0.15, -0.1) is 10.2 Å². The van der Waals surface area contributed by atoms with Crippen LogP contribution in [0.3, 0.4) is 0 Å². The van der Waals surface area contributed by atoms with Crippen molar-refractivity contribution >= 4 is 23.1 Å². The van der Waals surface area contributed by atoms with Gasteiger partial charge in [0.25, 0.3) is 0 Å². The van der Waals surface area contributed by atoms with Crippen LogP contribution in [0.15, 0.2) is 89.1 Å². The largest absolute Gasteiger partial charge is 0.507 e. The van der Waals surface area contributed by atoms with Gasteiger partial charge in [0, 0.05) is 22.8 Å². The zero-order valence-corrected chi connectivity index (χ0v) is 17.6. The fourth-order valence-electron chi connectivity index (χ4n) is 2.93. The first-order chi connectivity index (χ1) is 15.3. The topological polar surface area (TPSA) is 109 Å². The third kappa shape index (κ3) is 5.07. The molecule has 0 aromatic heterocycles. The van der Waals surface area contributed by atoms with Crippen molar-refractivity contribution in [3.8, 4) is 11.5 Å². The third-order valence-electron chi connectivity index (χ3n) is 4.65. The zero-order chi connectivity index (χ0) is 23.3. The predicted octanol–water partition coefficient (Wildman–Crippen LogP) is 5.92. The van der Waals surface area contributed by atoms with Crippen molar-refractivity contribution in [3.05, 3.63) is 95.6 Å². The Morgan fingerprint density at radius 3 is 2.22 bits per heavy atom. The number of ether oxygens (including phenoxy) is 1. The third-order valence-corrected chi connectivity index (χ3v) is 4.65. The molecule has 162 valence electrons. The average Bonchev–Trinajstić information content (AvgIpc) is 2.78. The van der Waals surface area contributed by atoms with Crippen molar-refractivity contribution in [1.29, 1.82) is 0 Å². The highest BCUT2D eigenvalue weighted by Gasteiger charge is 2.18. The van der Waals surface area contributed by atoms with E-state index < -0.39 is 17.9 Å². The monoisotopic (exact) mass is 430 g/mol. The van der Waals surface area contributed by atoms with E-state index in [1.165, 1.54) is 6.07 Å². The maximum Gasteiger partial charge on any atom is 0.333 e. The Bertz CT molecular complexity index is 1200. The molecule has 0 saturated carbocycles. The minimum Gasteiger partial charge on any atom is -0.507 e. The lowest BCUT2D eigenvalue weighted by atomic mass is 10.0. The molecule has 0 aliphatic carbocycles. The van der Waals surface area contributed by atoms with Crippen LogP contribution in [-0.4, -0.2) is 22.0 Å². The molecule has 1 atom stereocenters. The molecule has 0 heterocycles. The van der Waals surface area contributed by atoms with Crippen LogP contribution >= 0.6 is 0 Å². The summed E-state index contributed by atoms with van der Waals surface area (Å²) in [4.78, 5) is 24.6. The Hall–Kier alpha value is -4.26. The molecule has 0 spiro atoms. The molecule has 0 aliphatic rings. The number of nitrogens with zero attached hydrogens (tertiary/aromatic N) is 2. The van der Waals surface area contributed by atoms with E-state index in [-0.39, 0.29) is 28.3 Å². The average molecular weight is 430 g/mol. The van der Waals surface area contributed by atoms with Crippen LogP contribution in [0.2, 0.25) is 0 Å². The molecule has 3 aromatic rings. The van der Waals surface area contributed by atoms with Crippen LogP contribution in [0.4, 0.5) is 11.4 Å². The molecule has 0 fully saturated rings. The van der Waals surface area contributed by atoms with Crippen LogP contribution in [0.1, 0.15) is 41.4 Å². The molecule has 0 aliphatic heterocycles. The molecule has 7 heteroatoms. The van der Waals surface area contributed by atoms with Gasteiger partial charge in [-0.3, -0.25) is 4.79 Å². The molecule has 0 amide bonds. The Balaban J connectivity index is 1.93. The van der Waals surface area contributed by atoms with Gasteiger partial charge in [0.2, 0.25) is 0 Å². The summed E-state index contributed by atoms with van der Waals surface area (Å²) in [6, 6.07) is 17.7. The van der Waals surface area contributed by atoms with Gasteiger partial charge in [0.1, 0.15) is 23.3 Å². The number of phenols is 2. The normalized spacial score (nSPS) is 11.8. The molecule has 0 radical (unpaired) electrons. The number of hydrogen-bond acceptors (Lipinski definition) is 7. The van der Waals surface area contributed by atoms with Crippen LogP contribution in [0.5, 0.6) is 11.5 Å². The Morgan fingerprint density at radius 2 is 1.53 bits per heavy atom. The Morgan fingerprint density at radius 1 is 0.906 bits per heavy atom. The number of carbonyl (C=O) groups excluding carboxylic acids is 2. The van der Waals surface area contributed by atoms with Gasteiger partial charge in [-0.05, 0) is 26.0 Å². The molecular formula is C25H22N2O5. The van der Waals surface area contributed by atoms with Crippen molar-refractivity contribution in [1.82, 2.24) is 0 Å². The molecule has 3 rings (SSSR count). The summed E-state index contributed by atoms with van der Waals surface area (Å²) in [6.07, 6.45) is -0.613. The molecule has 7 nitrogen and oxygen atoms in total. The highest BCUT2D eigenvalue weighted by atomic mass is 16.5. The van der Waals surface area contributed by atoms with Crippen molar-refractivity contribution in [2.45, 2.75) is 20.0 Å². The lowest BCUT2D eigenvalue weighted by Gasteiger charge is -2.15. The zero-order valence-electron chi connectivity index (χ0n) is 17.6. The van der Waals surface area contributed by atoms with Gasteiger partial charge in [0.15, 0.2) is 5.78 Å². The summed E-state index contributed by atoms with van der Waals surface area (Å²) >= 11 is 0. The molecule has 2 N–H and O–H groups in total. The lowest BCUT2D eigenvalue weighted by Crippen LogP contribution is -2.09. The second kappa shape index (κ2) is 9.70. The first-order valence-electron chi connectivity index (χ1n) is 9.80. The van der Waals surface area contributed by atoms with Gasteiger partial charge in [-0.2, -0.15) is 0 Å². The fourth-order valence-corrected chi connectivity index (χ4v) is 2.93. The first kappa shape index (κ1) is 22.4. The number of phenolic OH excluding ortho intramolecular Hbond substituents is 2. The summed E-state index contributed by atoms with van der Waals surface area (Å²) in [7, 11) is 0. The highest BCUT2D eigenvalue weighted by molar-refractivity contribution is 6.11. The van der Waals surface area contributed by atoms with E-state index in [2.05, 4.69) is 16.8 Å². The van der Waals surface area contributed by atoms with E-state index in [1.54, 1.807) is 68.4 Å². The maximum absolute atomic E-state index is 12.7. The Kier molecular flexibility index (Phi) is 6.80. The number of ketones is 1. The maximum atomic E-state index is 12.7. The number of azo groups is 1. The van der Waals surface area contributed by atoms with Gasteiger partial charge in [-0.1, -0.05) is 55.1 Å². The van der Waals surface area contributed by atoms with Gasteiger partial charge in [-0.25, -0.2) is 4.79 Å². The number of aromatic hydroxyl groups is 2. The van der Waals surface area contributed by atoms with Gasteiger partial charge >= 0.3 is 5.97 Å². The van der Waals surface area contributed by atoms with E-state index in [1.807, 2.05) is 0 Å². The van der Waals surface area contributed by atoms with Crippen molar-refractivity contribution in [2.75, 3.05) is 0 Å². The van der Waals surface area contributed by atoms with E-state index in [0.29, 0.717) is 16.8 Å². The predicted molar refractivity (Wildman–Crippen MR) is 120 cm³/mol. The number of carbonyl (C=O) groups is 2. The van der Waals surface area contributed by atoms with Gasteiger partial charge in [0.05, 0.1) is 11.3 Å². The van der Waals surface area contributed by atoms with Crippen LogP contribution in [0.25, 0.3) is 0 Å². The summed E-state index contributed by atoms with van der Waals surface area (Å²) in [5.74, 6) is -1.64. The molecular weight excluding hydrogens is 408 g/mol. The number of rotatable bonds is 7. The SMILES string of the molecule is C=C(C)C(=O)OC(C)c1ccccc1N=Nc1cc(C(=O)c2ccccc2)c(O)cc1O. The summed E-state index contributed by atoms with van der Waals surface area (Å²) in [5, 5.41) is 28.6. The van der Waals surface area contributed by atoms with Crippen molar-refractivity contribution in [3.63, 3.8) is 0 Å². The molecule has 0 bridgehead atoms. The standard InChI is InChI=1S/C25H22N2O5/c1-15(2)25(31)32-16(3)18-11-7-8-12-20(18)26-27-21-13-19(22(28)14-23(21)29)24(30)17-9-5-4-6-10-17/h4-14,16,28-29H,1H2,2-3H3. The van der Waals surface area contributed by atoms with E-state index >= 15 is 0 Å². The summed E-state index contributed by atoms with van der Waals surface area (Å²) in [5.41, 5.74) is 1.67. The van der Waals surface area contributed by atoms with Crippen LogP contribution in [-0.2, 0) is 9.53 Å². The van der Waals surface area contributed by atoms with E-state index in [9.17, 15) is 19.8 Å². The van der Waals surface area contributed by atoms with E-state index in [4.69, 9.17) is 4.74 Å². The fraction of sp³-hybridized carbons (Fsp3) is 0.120. The molecule has 32 heavy (non-hydrogen) atoms. The number of esters is 1. The molecule has 3 aromatic carbocycles. The van der Waals surface area contributed by atoms with Crippen LogP contribution < -0.4 is 0 Å². The van der Waals surface area contributed by atoms with Crippen molar-refractivity contribution in [2.24, 2.45) is 10.2 Å². The molecule has 0 saturated heterocycles. The minimum absolute atomic E-state index is 0.00321. The van der Waals surface area contributed by atoms with Crippen molar-refractivity contribution < 1.29 is 24.5 Å². The van der Waals surface area contributed by atoms with Crippen LogP contribution in [0, 0.1) is 0 Å². The smallest absolute Gasteiger partial charge is 0.333 e. The first-order valence-corrected chi connectivity index (χ1v) is 9.80. The Labute approximate surface area is 185 Å². The molecule has 1 unspecified atom stereocenters. The lowest BCUT2D eigenvalue weighted by molar-refractivity contribution is -0.143. The summed E-state index contributed by atoms with van der Waals surface area (Å²) in [6.45, 7) is 6.83. The van der Waals surface area contributed by atoms with E-state index in [0.717, 1.165) is 6.07 Å². The minimum atomic E-state index is -0.613. The number of benzene rings is 3.